The Kier molecular flexibility index (Phi) is 3.80. The van der Waals surface area contributed by atoms with Crippen LogP contribution in [0.2, 0.25) is 0 Å². The maximum Gasteiger partial charge on any atom is 0.200 e. The summed E-state index contributed by atoms with van der Waals surface area (Å²) in [5.74, 6) is -12.0. The van der Waals surface area contributed by atoms with Crippen molar-refractivity contribution >= 4 is 16.7 Å². The van der Waals surface area contributed by atoms with Gasteiger partial charge in [0, 0.05) is 23.1 Å². The van der Waals surface area contributed by atoms with Crippen molar-refractivity contribution in [1.82, 2.24) is 10.3 Å². The molecule has 2 N–H and O–H groups in total. The molecular weight excluding hydrogens is 355 g/mol. The van der Waals surface area contributed by atoms with E-state index in [0.717, 1.165) is 16.5 Å². The summed E-state index contributed by atoms with van der Waals surface area (Å²) in [4.78, 5) is 15.7. The fourth-order valence-electron chi connectivity index (χ4n) is 3.37. The highest BCUT2D eigenvalue weighted by atomic mass is 19.2. The van der Waals surface area contributed by atoms with Gasteiger partial charge < -0.3 is 10.3 Å². The van der Waals surface area contributed by atoms with Gasteiger partial charge in [-0.05, 0) is 18.1 Å². The summed E-state index contributed by atoms with van der Waals surface area (Å²) in [6.45, 7) is 0.320. The van der Waals surface area contributed by atoms with Crippen LogP contribution in [-0.4, -0.2) is 17.3 Å². The summed E-state index contributed by atoms with van der Waals surface area (Å²) in [6.07, 6.45) is 0.556. The number of nitrogens with one attached hydrogen (secondary N) is 2. The van der Waals surface area contributed by atoms with E-state index in [2.05, 4.69) is 10.3 Å². The molecule has 0 fully saturated rings. The van der Waals surface area contributed by atoms with Gasteiger partial charge in [-0.2, -0.15) is 0 Å². The maximum absolute atomic E-state index is 14.0. The van der Waals surface area contributed by atoms with E-state index in [4.69, 9.17) is 0 Å². The molecule has 2 heterocycles. The third kappa shape index (κ3) is 2.25. The number of aromatic nitrogens is 1. The van der Waals surface area contributed by atoms with Crippen molar-refractivity contribution in [2.45, 2.75) is 12.5 Å². The van der Waals surface area contributed by atoms with Gasteiger partial charge >= 0.3 is 0 Å². The normalized spacial score (nSPS) is 16.7. The van der Waals surface area contributed by atoms with E-state index in [1.165, 1.54) is 0 Å². The average molecular weight is 366 g/mol. The van der Waals surface area contributed by atoms with Crippen LogP contribution < -0.4 is 5.32 Å². The molecule has 0 saturated carbocycles. The quantitative estimate of drug-likeness (QED) is 0.312. The van der Waals surface area contributed by atoms with Crippen molar-refractivity contribution in [2.24, 2.45) is 0 Å². The number of para-hydroxylation sites is 1. The molecule has 4 rings (SSSR count). The van der Waals surface area contributed by atoms with E-state index in [0.29, 0.717) is 18.7 Å². The number of benzene rings is 2. The summed E-state index contributed by atoms with van der Waals surface area (Å²) in [5.41, 5.74) is 0.426. The van der Waals surface area contributed by atoms with E-state index < -0.39 is 46.5 Å². The van der Waals surface area contributed by atoms with Gasteiger partial charge in [-0.1, -0.05) is 18.2 Å². The van der Waals surface area contributed by atoms with Crippen molar-refractivity contribution in [3.63, 3.8) is 0 Å². The van der Waals surface area contributed by atoms with Crippen molar-refractivity contribution in [2.75, 3.05) is 6.54 Å². The third-order valence-corrected chi connectivity index (χ3v) is 4.58. The number of carbonyl (C=O) groups excluding carboxylic acids is 1. The molecule has 3 aromatic rings. The number of H-pyrrole nitrogens is 1. The summed E-state index contributed by atoms with van der Waals surface area (Å²) in [7, 11) is 0. The number of halogens is 5. The molecule has 0 radical (unpaired) electrons. The van der Waals surface area contributed by atoms with E-state index in [1.54, 1.807) is 18.2 Å². The first-order valence-corrected chi connectivity index (χ1v) is 7.80. The molecule has 134 valence electrons. The fraction of sp³-hybridized carbons (Fsp3) is 0.167. The number of hydrogen-bond donors (Lipinski definition) is 2. The first-order chi connectivity index (χ1) is 12.4. The average Bonchev–Trinajstić information content (AvgIpc) is 3.03. The fourth-order valence-corrected chi connectivity index (χ4v) is 3.37. The second-order valence-corrected chi connectivity index (χ2v) is 6.01. The number of rotatable bonds is 2. The van der Waals surface area contributed by atoms with Gasteiger partial charge in [-0.3, -0.25) is 4.79 Å². The minimum absolute atomic E-state index is 0.320. The SMILES string of the molecule is O=C(c1c(F)c(F)c(F)c(F)c1F)C1NCCc2c1[nH]c1ccccc21. The predicted octanol–water partition coefficient (Wildman–Crippen LogP) is 3.93. The lowest BCUT2D eigenvalue weighted by Gasteiger charge is -2.23. The highest BCUT2D eigenvalue weighted by molar-refractivity contribution is 6.02. The molecule has 0 aliphatic carbocycles. The lowest BCUT2D eigenvalue weighted by Crippen LogP contribution is -2.36. The van der Waals surface area contributed by atoms with Gasteiger partial charge in [0.25, 0.3) is 0 Å². The molecule has 0 saturated heterocycles. The number of aromatic amines is 1. The van der Waals surface area contributed by atoms with Crippen LogP contribution in [0.1, 0.15) is 27.7 Å². The van der Waals surface area contributed by atoms with E-state index >= 15 is 0 Å². The molecule has 0 bridgehead atoms. The van der Waals surface area contributed by atoms with Crippen LogP contribution in [0.3, 0.4) is 0 Å². The molecule has 1 unspecified atom stereocenters. The molecule has 1 aromatic heterocycles. The Morgan fingerprint density at radius 3 is 2.23 bits per heavy atom. The summed E-state index contributed by atoms with van der Waals surface area (Å²) < 4.78 is 68.1. The predicted molar refractivity (Wildman–Crippen MR) is 83.3 cm³/mol. The Hall–Kier alpha value is -2.74. The summed E-state index contributed by atoms with van der Waals surface area (Å²) in [6, 6.07) is 5.95. The molecular formula is C18H11F5N2O. The van der Waals surface area contributed by atoms with Crippen LogP contribution in [0.4, 0.5) is 22.0 Å². The number of fused-ring (bicyclic) bond motifs is 3. The molecule has 1 atom stereocenters. The molecule has 8 heteroatoms. The van der Waals surface area contributed by atoms with Crippen molar-refractivity contribution in [3.8, 4) is 0 Å². The molecule has 1 aliphatic heterocycles. The molecule has 26 heavy (non-hydrogen) atoms. The largest absolute Gasteiger partial charge is 0.356 e. The number of hydrogen-bond acceptors (Lipinski definition) is 2. The van der Waals surface area contributed by atoms with Gasteiger partial charge in [-0.15, -0.1) is 0 Å². The Bertz CT molecular complexity index is 1030. The molecule has 0 spiro atoms. The monoisotopic (exact) mass is 366 g/mol. The van der Waals surface area contributed by atoms with Crippen LogP contribution in [-0.2, 0) is 6.42 Å². The first-order valence-electron chi connectivity index (χ1n) is 7.80. The highest BCUT2D eigenvalue weighted by Crippen LogP contribution is 2.33. The molecule has 1 aliphatic rings. The zero-order valence-electron chi connectivity index (χ0n) is 13.1. The van der Waals surface area contributed by atoms with Crippen LogP contribution >= 0.6 is 0 Å². The zero-order valence-corrected chi connectivity index (χ0v) is 13.1. The highest BCUT2D eigenvalue weighted by Gasteiger charge is 2.36. The van der Waals surface area contributed by atoms with Crippen molar-refractivity contribution in [1.29, 1.82) is 0 Å². The van der Waals surface area contributed by atoms with Gasteiger partial charge in [0.15, 0.2) is 29.1 Å². The van der Waals surface area contributed by atoms with Crippen LogP contribution in [0.15, 0.2) is 24.3 Å². The number of Topliss-reactive ketones (excluding diaryl/α,β-unsaturated/α-hetero) is 1. The Morgan fingerprint density at radius 2 is 1.54 bits per heavy atom. The minimum Gasteiger partial charge on any atom is -0.356 e. The Balaban J connectivity index is 1.88. The van der Waals surface area contributed by atoms with Crippen molar-refractivity contribution in [3.05, 3.63) is 70.2 Å². The lowest BCUT2D eigenvalue weighted by molar-refractivity contribution is 0.0926. The topological polar surface area (TPSA) is 44.9 Å². The first kappa shape index (κ1) is 16.7. The second kappa shape index (κ2) is 5.91. The minimum atomic E-state index is -2.29. The van der Waals surface area contributed by atoms with Gasteiger partial charge in [0.2, 0.25) is 5.82 Å². The van der Waals surface area contributed by atoms with Crippen molar-refractivity contribution < 1.29 is 26.7 Å². The van der Waals surface area contributed by atoms with Crippen LogP contribution in [0.25, 0.3) is 10.9 Å². The van der Waals surface area contributed by atoms with Crippen LogP contribution in [0.5, 0.6) is 0 Å². The summed E-state index contributed by atoms with van der Waals surface area (Å²) in [5, 5.41) is 3.64. The smallest absolute Gasteiger partial charge is 0.200 e. The number of carbonyl (C=O) groups is 1. The Morgan fingerprint density at radius 1 is 0.923 bits per heavy atom. The standard InChI is InChI=1S/C18H11F5N2O/c19-11-10(12(20)14(22)15(23)13(11)21)18(26)17-16-8(5-6-24-17)7-3-1-2-4-9(7)25-16/h1-4,17,24-25H,5-6H2. The third-order valence-electron chi connectivity index (χ3n) is 4.58. The van der Waals surface area contributed by atoms with Gasteiger partial charge in [0.1, 0.15) is 6.04 Å². The second-order valence-electron chi connectivity index (χ2n) is 6.01. The van der Waals surface area contributed by atoms with E-state index in [-0.39, 0.29) is 0 Å². The molecule has 3 nitrogen and oxygen atoms in total. The maximum atomic E-state index is 14.0. The summed E-state index contributed by atoms with van der Waals surface area (Å²) >= 11 is 0. The van der Waals surface area contributed by atoms with Gasteiger partial charge in [0.05, 0.1) is 5.56 Å². The van der Waals surface area contributed by atoms with E-state index in [9.17, 15) is 26.7 Å². The molecule has 0 amide bonds. The lowest BCUT2D eigenvalue weighted by atomic mass is 9.93. The van der Waals surface area contributed by atoms with E-state index in [1.807, 2.05) is 6.07 Å². The number of ketones is 1. The zero-order chi connectivity index (χ0) is 18.6. The van der Waals surface area contributed by atoms with Crippen LogP contribution in [0, 0.1) is 29.1 Å². The Labute approximate surface area is 143 Å². The van der Waals surface area contributed by atoms with Gasteiger partial charge in [-0.25, -0.2) is 22.0 Å². The molecule has 2 aromatic carbocycles.